The molecule has 1 aromatic heterocycles. The lowest BCUT2D eigenvalue weighted by Crippen LogP contribution is -2.47. The summed E-state index contributed by atoms with van der Waals surface area (Å²) in [5, 5.41) is 0. The highest BCUT2D eigenvalue weighted by Crippen LogP contribution is 2.33. The Morgan fingerprint density at radius 1 is 1.32 bits per heavy atom. The van der Waals surface area contributed by atoms with E-state index < -0.39 is 0 Å². The molecule has 1 unspecified atom stereocenters. The van der Waals surface area contributed by atoms with Crippen molar-refractivity contribution in [2.45, 2.75) is 32.2 Å². The Bertz CT molecular complexity index is 715. The Balaban J connectivity index is 0.00000225. The van der Waals surface area contributed by atoms with Gasteiger partial charge >= 0.3 is 0 Å². The molecule has 2 heterocycles. The van der Waals surface area contributed by atoms with Gasteiger partial charge in [-0.15, -0.1) is 23.7 Å². The predicted molar refractivity (Wildman–Crippen MR) is 106 cm³/mol. The van der Waals surface area contributed by atoms with E-state index in [-0.39, 0.29) is 24.4 Å². The number of carbonyl (C=O) groups excluding carboxylic acids is 1. The average molecular weight is 381 g/mol. The van der Waals surface area contributed by atoms with E-state index >= 15 is 0 Å². The first-order valence-corrected chi connectivity index (χ1v) is 9.21. The summed E-state index contributed by atoms with van der Waals surface area (Å²) in [7, 11) is 1.66. The molecule has 1 saturated heterocycles. The van der Waals surface area contributed by atoms with Gasteiger partial charge in [-0.25, -0.2) is 0 Å². The molecule has 4 nitrogen and oxygen atoms in total. The van der Waals surface area contributed by atoms with Gasteiger partial charge in [-0.1, -0.05) is 12.1 Å². The van der Waals surface area contributed by atoms with Crippen LogP contribution in [0.3, 0.4) is 0 Å². The zero-order valence-corrected chi connectivity index (χ0v) is 16.3. The lowest BCUT2D eigenvalue weighted by Gasteiger charge is -2.34. The summed E-state index contributed by atoms with van der Waals surface area (Å²) in [4.78, 5) is 16.9. The van der Waals surface area contributed by atoms with Crippen LogP contribution in [0.15, 0.2) is 30.3 Å². The molecular formula is C19H25ClN2O2S. The number of halogens is 1. The first kappa shape index (κ1) is 19.8. The molecule has 0 aliphatic carbocycles. The molecule has 1 atom stereocenters. The minimum absolute atomic E-state index is 0. The Morgan fingerprint density at radius 2 is 2.04 bits per heavy atom. The lowest BCUT2D eigenvalue weighted by atomic mass is 10.0. The first-order valence-electron chi connectivity index (χ1n) is 8.40. The number of piperidine rings is 1. The molecule has 2 N–H and O–H groups in total. The maximum absolute atomic E-state index is 12.9. The van der Waals surface area contributed by atoms with Crippen LogP contribution in [0.5, 0.6) is 5.75 Å². The van der Waals surface area contributed by atoms with E-state index in [1.54, 1.807) is 18.4 Å². The molecule has 136 valence electrons. The summed E-state index contributed by atoms with van der Waals surface area (Å²) < 4.78 is 5.21. The van der Waals surface area contributed by atoms with Crippen LogP contribution in [0.4, 0.5) is 0 Å². The second-order valence-electron chi connectivity index (χ2n) is 6.19. The molecule has 1 aromatic carbocycles. The van der Waals surface area contributed by atoms with E-state index in [0.717, 1.165) is 52.4 Å². The molecule has 1 amide bonds. The fourth-order valence-corrected chi connectivity index (χ4v) is 4.30. The predicted octanol–water partition coefficient (Wildman–Crippen LogP) is 4.11. The summed E-state index contributed by atoms with van der Waals surface area (Å²) in [6, 6.07) is 10.2. The third-order valence-electron chi connectivity index (χ3n) is 4.69. The molecule has 25 heavy (non-hydrogen) atoms. The van der Waals surface area contributed by atoms with Crippen LogP contribution < -0.4 is 10.5 Å². The zero-order chi connectivity index (χ0) is 17.1. The van der Waals surface area contributed by atoms with Crippen LogP contribution in [0.2, 0.25) is 0 Å². The van der Waals surface area contributed by atoms with Crippen molar-refractivity contribution in [3.8, 4) is 16.9 Å². The number of rotatable bonds is 4. The third kappa shape index (κ3) is 4.17. The third-order valence-corrected chi connectivity index (χ3v) is 5.73. The summed E-state index contributed by atoms with van der Waals surface area (Å²) in [5.41, 5.74) is 8.09. The maximum Gasteiger partial charge on any atom is 0.264 e. The van der Waals surface area contributed by atoms with Crippen LogP contribution in [-0.2, 0) is 0 Å². The summed E-state index contributed by atoms with van der Waals surface area (Å²) >= 11 is 1.57. The van der Waals surface area contributed by atoms with Crippen LogP contribution in [-0.4, -0.2) is 37.0 Å². The number of aryl methyl sites for hydroxylation is 1. The molecule has 0 saturated carbocycles. The molecule has 0 bridgehead atoms. The highest BCUT2D eigenvalue weighted by molar-refractivity contribution is 7.14. The van der Waals surface area contributed by atoms with Crippen LogP contribution in [0.1, 0.15) is 33.8 Å². The van der Waals surface area contributed by atoms with Crippen LogP contribution in [0.25, 0.3) is 11.1 Å². The monoisotopic (exact) mass is 380 g/mol. The fraction of sp³-hybridized carbons (Fsp3) is 0.421. The average Bonchev–Trinajstić information content (AvgIpc) is 3.03. The molecule has 3 rings (SSSR count). The Labute approximate surface area is 159 Å². The number of hydrogen-bond acceptors (Lipinski definition) is 4. The Kier molecular flexibility index (Phi) is 6.87. The van der Waals surface area contributed by atoms with E-state index in [2.05, 4.69) is 6.92 Å². The van der Waals surface area contributed by atoms with Gasteiger partial charge in [0, 0.05) is 24.0 Å². The molecular weight excluding hydrogens is 356 g/mol. The van der Waals surface area contributed by atoms with E-state index in [4.69, 9.17) is 10.5 Å². The molecule has 1 fully saturated rings. The number of nitrogens with zero attached hydrogens (tertiary/aromatic N) is 1. The summed E-state index contributed by atoms with van der Waals surface area (Å²) in [5.74, 6) is 0.958. The number of thiophene rings is 1. The highest BCUT2D eigenvalue weighted by Gasteiger charge is 2.27. The number of nitrogens with two attached hydrogens (primary N) is 1. The SMILES string of the molecule is COc1ccc(-c2cc(C(=O)N3CCCCC3CN)sc2C)cc1.Cl. The van der Waals surface area contributed by atoms with Crippen molar-refractivity contribution >= 4 is 29.7 Å². The number of hydrogen-bond donors (Lipinski definition) is 1. The van der Waals surface area contributed by atoms with Gasteiger partial charge in [-0.2, -0.15) is 0 Å². The Morgan fingerprint density at radius 3 is 2.68 bits per heavy atom. The topological polar surface area (TPSA) is 55.6 Å². The molecule has 1 aliphatic heterocycles. The normalized spacial score (nSPS) is 17.1. The van der Waals surface area contributed by atoms with E-state index in [1.165, 1.54) is 0 Å². The number of amides is 1. The molecule has 0 spiro atoms. The van der Waals surface area contributed by atoms with Gasteiger partial charge in [0.1, 0.15) is 5.75 Å². The number of ether oxygens (including phenoxy) is 1. The smallest absolute Gasteiger partial charge is 0.264 e. The van der Waals surface area contributed by atoms with Crippen molar-refractivity contribution in [3.63, 3.8) is 0 Å². The van der Waals surface area contributed by atoms with Crippen molar-refractivity contribution in [2.75, 3.05) is 20.2 Å². The summed E-state index contributed by atoms with van der Waals surface area (Å²) in [6.07, 6.45) is 3.24. The maximum atomic E-state index is 12.9. The van der Waals surface area contributed by atoms with Gasteiger partial charge in [0.15, 0.2) is 0 Å². The summed E-state index contributed by atoms with van der Waals surface area (Å²) in [6.45, 7) is 3.43. The number of benzene rings is 1. The van der Waals surface area contributed by atoms with Gasteiger partial charge < -0.3 is 15.4 Å². The van der Waals surface area contributed by atoms with Crippen molar-refractivity contribution in [2.24, 2.45) is 5.73 Å². The fourth-order valence-electron chi connectivity index (χ4n) is 3.30. The van der Waals surface area contributed by atoms with Crippen molar-refractivity contribution in [3.05, 3.63) is 40.1 Å². The second-order valence-corrected chi connectivity index (χ2v) is 7.45. The van der Waals surface area contributed by atoms with Crippen molar-refractivity contribution in [1.29, 1.82) is 0 Å². The van der Waals surface area contributed by atoms with Crippen molar-refractivity contribution in [1.82, 2.24) is 4.90 Å². The van der Waals surface area contributed by atoms with Crippen LogP contribution >= 0.6 is 23.7 Å². The largest absolute Gasteiger partial charge is 0.497 e. The number of likely N-dealkylation sites (tertiary alicyclic amines) is 1. The Hall–Kier alpha value is -1.56. The number of methoxy groups -OCH3 is 1. The minimum Gasteiger partial charge on any atom is -0.497 e. The van der Waals surface area contributed by atoms with E-state index in [9.17, 15) is 4.79 Å². The lowest BCUT2D eigenvalue weighted by molar-refractivity contribution is 0.0628. The van der Waals surface area contributed by atoms with Crippen LogP contribution in [0, 0.1) is 6.92 Å². The van der Waals surface area contributed by atoms with Gasteiger partial charge in [-0.05, 0) is 55.5 Å². The molecule has 0 radical (unpaired) electrons. The van der Waals surface area contributed by atoms with E-state index in [0.29, 0.717) is 6.54 Å². The number of carbonyl (C=O) groups is 1. The van der Waals surface area contributed by atoms with Gasteiger partial charge in [0.05, 0.1) is 12.0 Å². The quantitative estimate of drug-likeness (QED) is 0.868. The molecule has 2 aromatic rings. The highest BCUT2D eigenvalue weighted by atomic mass is 35.5. The second kappa shape index (κ2) is 8.70. The van der Waals surface area contributed by atoms with Gasteiger partial charge in [0.25, 0.3) is 5.91 Å². The molecule has 6 heteroatoms. The zero-order valence-electron chi connectivity index (χ0n) is 14.7. The van der Waals surface area contributed by atoms with Gasteiger partial charge in [-0.3, -0.25) is 4.79 Å². The standard InChI is InChI=1S/C19H24N2O2S.ClH/c1-13-17(14-6-8-16(23-2)9-7-14)11-18(24-13)19(22)21-10-4-3-5-15(21)12-20;/h6-9,11,15H,3-5,10,12,20H2,1-2H3;1H. The first-order chi connectivity index (χ1) is 11.6. The minimum atomic E-state index is 0. The molecule has 1 aliphatic rings. The van der Waals surface area contributed by atoms with Crippen molar-refractivity contribution < 1.29 is 9.53 Å². The van der Waals surface area contributed by atoms with Gasteiger partial charge in [0.2, 0.25) is 0 Å². The van der Waals surface area contributed by atoms with E-state index in [1.807, 2.05) is 35.2 Å².